The molecule has 1 aromatic rings. The first-order valence-corrected chi connectivity index (χ1v) is 6.55. The molecule has 0 aromatic carbocycles. The van der Waals surface area contributed by atoms with E-state index in [0.29, 0.717) is 0 Å². The Balaban J connectivity index is 2.42. The molecule has 0 saturated heterocycles. The number of hydrogen-bond acceptors (Lipinski definition) is 5. The summed E-state index contributed by atoms with van der Waals surface area (Å²) in [7, 11) is 1.55. The lowest BCUT2D eigenvalue weighted by atomic mass is 10.2. The van der Waals surface area contributed by atoms with Gasteiger partial charge in [0, 0.05) is 12.4 Å². The average Bonchev–Trinajstić information content (AvgIpc) is 2.67. The second-order valence-corrected chi connectivity index (χ2v) is 5.75. The fourth-order valence-corrected chi connectivity index (χ4v) is 1.81. The van der Waals surface area contributed by atoms with Gasteiger partial charge in [0.05, 0.1) is 24.2 Å². The van der Waals surface area contributed by atoms with Crippen LogP contribution in [0.3, 0.4) is 0 Å². The molecule has 1 heterocycles. The SMILES string of the molecule is CN(CC(=O)Cc1cscn1)C(=O)OC(C)(C)C. The third kappa shape index (κ3) is 5.27. The fourth-order valence-electron chi connectivity index (χ4n) is 1.25. The molecule has 0 saturated carbocycles. The molecule has 100 valence electrons. The van der Waals surface area contributed by atoms with Crippen molar-refractivity contribution in [3.8, 4) is 0 Å². The van der Waals surface area contributed by atoms with E-state index in [9.17, 15) is 9.59 Å². The van der Waals surface area contributed by atoms with Gasteiger partial charge in [-0.3, -0.25) is 4.79 Å². The standard InChI is InChI=1S/C12H18N2O3S/c1-12(2,3)17-11(16)14(4)6-10(15)5-9-7-18-8-13-9/h7-8H,5-6H2,1-4H3. The summed E-state index contributed by atoms with van der Waals surface area (Å²) in [5.41, 5.74) is 1.87. The van der Waals surface area contributed by atoms with Gasteiger partial charge in [0.25, 0.3) is 0 Å². The van der Waals surface area contributed by atoms with E-state index in [4.69, 9.17) is 4.74 Å². The first-order valence-electron chi connectivity index (χ1n) is 5.61. The van der Waals surface area contributed by atoms with Crippen molar-refractivity contribution < 1.29 is 14.3 Å². The first kappa shape index (κ1) is 14.6. The van der Waals surface area contributed by atoms with Gasteiger partial charge in [-0.1, -0.05) is 0 Å². The second-order valence-electron chi connectivity index (χ2n) is 5.03. The third-order valence-electron chi connectivity index (χ3n) is 1.98. The molecule has 6 heteroatoms. The minimum atomic E-state index is -0.552. The highest BCUT2D eigenvalue weighted by atomic mass is 32.1. The van der Waals surface area contributed by atoms with Gasteiger partial charge in [0.1, 0.15) is 5.60 Å². The van der Waals surface area contributed by atoms with Gasteiger partial charge in [0.15, 0.2) is 5.78 Å². The maximum absolute atomic E-state index is 11.7. The summed E-state index contributed by atoms with van der Waals surface area (Å²) in [6.07, 6.45) is -0.245. The molecule has 0 N–H and O–H groups in total. The van der Waals surface area contributed by atoms with Gasteiger partial charge in [0.2, 0.25) is 0 Å². The van der Waals surface area contributed by atoms with Crippen LogP contribution >= 0.6 is 11.3 Å². The van der Waals surface area contributed by atoms with E-state index in [1.165, 1.54) is 16.2 Å². The van der Waals surface area contributed by atoms with Crippen LogP contribution in [-0.4, -0.2) is 41.0 Å². The lowest BCUT2D eigenvalue weighted by Gasteiger charge is -2.24. The van der Waals surface area contributed by atoms with Gasteiger partial charge in [-0.15, -0.1) is 11.3 Å². The van der Waals surface area contributed by atoms with Crippen molar-refractivity contribution in [2.75, 3.05) is 13.6 Å². The molecule has 0 atom stereocenters. The zero-order chi connectivity index (χ0) is 13.8. The number of aromatic nitrogens is 1. The predicted molar refractivity (Wildman–Crippen MR) is 69.7 cm³/mol. The van der Waals surface area contributed by atoms with Crippen LogP contribution < -0.4 is 0 Å². The molecule has 0 aliphatic rings. The molecule has 1 amide bonds. The molecular weight excluding hydrogens is 252 g/mol. The topological polar surface area (TPSA) is 59.5 Å². The summed E-state index contributed by atoms with van der Waals surface area (Å²) in [5, 5.41) is 1.82. The number of nitrogens with zero attached hydrogens (tertiary/aromatic N) is 2. The van der Waals surface area contributed by atoms with Gasteiger partial charge in [-0.05, 0) is 20.8 Å². The molecular formula is C12H18N2O3S. The average molecular weight is 270 g/mol. The number of thiazole rings is 1. The minimum Gasteiger partial charge on any atom is -0.444 e. The van der Waals surface area contributed by atoms with E-state index in [-0.39, 0.29) is 18.7 Å². The highest BCUT2D eigenvalue weighted by molar-refractivity contribution is 7.07. The second kappa shape index (κ2) is 5.95. The minimum absolute atomic E-state index is 0.0342. The molecule has 18 heavy (non-hydrogen) atoms. The van der Waals surface area contributed by atoms with Gasteiger partial charge in [-0.25, -0.2) is 9.78 Å². The highest BCUT2D eigenvalue weighted by Crippen LogP contribution is 2.09. The summed E-state index contributed by atoms with van der Waals surface area (Å²) in [4.78, 5) is 28.6. The van der Waals surface area contributed by atoms with Crippen LogP contribution in [0.5, 0.6) is 0 Å². The Morgan fingerprint density at radius 1 is 1.44 bits per heavy atom. The third-order valence-corrected chi connectivity index (χ3v) is 2.62. The number of ether oxygens (including phenoxy) is 1. The van der Waals surface area contributed by atoms with Crippen molar-refractivity contribution in [2.45, 2.75) is 32.8 Å². The summed E-state index contributed by atoms with van der Waals surface area (Å²) >= 11 is 1.45. The van der Waals surface area contributed by atoms with Crippen LogP contribution in [0.4, 0.5) is 4.79 Å². The summed E-state index contributed by atoms with van der Waals surface area (Å²) in [6.45, 7) is 5.40. The lowest BCUT2D eigenvalue weighted by molar-refractivity contribution is -0.119. The molecule has 0 bridgehead atoms. The van der Waals surface area contributed by atoms with E-state index in [1.54, 1.807) is 33.3 Å². The number of hydrogen-bond donors (Lipinski definition) is 0. The first-order chi connectivity index (χ1) is 8.28. The maximum atomic E-state index is 11.7. The summed E-state index contributed by atoms with van der Waals surface area (Å²) < 4.78 is 5.16. The molecule has 0 spiro atoms. The molecule has 0 aliphatic carbocycles. The number of Topliss-reactive ketones (excluding diaryl/α,β-unsaturated/α-hetero) is 1. The zero-order valence-corrected chi connectivity index (χ0v) is 11.9. The Morgan fingerprint density at radius 3 is 2.61 bits per heavy atom. The Hall–Kier alpha value is -1.43. The van der Waals surface area contributed by atoms with Crippen molar-refractivity contribution in [3.05, 3.63) is 16.6 Å². The van der Waals surface area contributed by atoms with E-state index >= 15 is 0 Å². The Labute approximate surface area is 111 Å². The molecule has 0 radical (unpaired) electrons. The van der Waals surface area contributed by atoms with Gasteiger partial charge in [-0.2, -0.15) is 0 Å². The van der Waals surface area contributed by atoms with Gasteiger partial charge >= 0.3 is 6.09 Å². The number of ketones is 1. The van der Waals surface area contributed by atoms with Gasteiger partial charge < -0.3 is 9.64 Å². The largest absolute Gasteiger partial charge is 0.444 e. The van der Waals surface area contributed by atoms with Crippen LogP contribution in [0.1, 0.15) is 26.5 Å². The van der Waals surface area contributed by atoms with E-state index in [0.717, 1.165) is 5.69 Å². The Kier molecular flexibility index (Phi) is 4.84. The van der Waals surface area contributed by atoms with Crippen LogP contribution in [0, 0.1) is 0 Å². The monoisotopic (exact) mass is 270 g/mol. The molecule has 1 rings (SSSR count). The number of likely N-dealkylation sites (N-methyl/N-ethyl adjacent to an activating group) is 1. The summed E-state index contributed by atoms with van der Waals surface area (Å²) in [6, 6.07) is 0. The summed E-state index contributed by atoms with van der Waals surface area (Å²) in [5.74, 6) is -0.0609. The number of carbonyl (C=O) groups is 2. The quantitative estimate of drug-likeness (QED) is 0.841. The molecule has 0 unspecified atom stereocenters. The van der Waals surface area contributed by atoms with Crippen molar-refractivity contribution in [1.29, 1.82) is 0 Å². The van der Waals surface area contributed by atoms with Crippen LogP contribution in [0.25, 0.3) is 0 Å². The van der Waals surface area contributed by atoms with E-state index in [2.05, 4.69) is 4.98 Å². The van der Waals surface area contributed by atoms with E-state index in [1.807, 2.05) is 5.38 Å². The Morgan fingerprint density at radius 2 is 2.11 bits per heavy atom. The van der Waals surface area contributed by atoms with E-state index < -0.39 is 11.7 Å². The van der Waals surface area contributed by atoms with Crippen LogP contribution in [-0.2, 0) is 16.0 Å². The smallest absolute Gasteiger partial charge is 0.410 e. The van der Waals surface area contributed by atoms with Crippen molar-refractivity contribution in [1.82, 2.24) is 9.88 Å². The molecule has 5 nitrogen and oxygen atoms in total. The van der Waals surface area contributed by atoms with Crippen molar-refractivity contribution in [3.63, 3.8) is 0 Å². The Bertz CT molecular complexity index is 409. The molecule has 1 aromatic heterocycles. The normalized spacial score (nSPS) is 11.1. The fraction of sp³-hybridized carbons (Fsp3) is 0.583. The van der Waals surface area contributed by atoms with Crippen LogP contribution in [0.15, 0.2) is 10.9 Å². The zero-order valence-electron chi connectivity index (χ0n) is 11.1. The number of rotatable bonds is 4. The highest BCUT2D eigenvalue weighted by Gasteiger charge is 2.21. The van der Waals surface area contributed by atoms with Crippen LogP contribution in [0.2, 0.25) is 0 Å². The van der Waals surface area contributed by atoms with Crippen molar-refractivity contribution >= 4 is 23.2 Å². The number of amides is 1. The maximum Gasteiger partial charge on any atom is 0.410 e. The molecule has 0 fully saturated rings. The lowest BCUT2D eigenvalue weighted by Crippen LogP contribution is -2.37. The number of carbonyl (C=O) groups excluding carboxylic acids is 2. The predicted octanol–water partition coefficient (Wildman–Crippen LogP) is 2.12. The molecule has 0 aliphatic heterocycles. The van der Waals surface area contributed by atoms with Crippen molar-refractivity contribution in [2.24, 2.45) is 0 Å².